The molecule has 0 atom stereocenters. The van der Waals surface area contributed by atoms with Crippen LogP contribution >= 0.6 is 0 Å². The summed E-state index contributed by atoms with van der Waals surface area (Å²) in [5, 5.41) is 3.45. The van der Waals surface area contributed by atoms with Crippen LogP contribution in [-0.2, 0) is 0 Å². The molecule has 0 fully saturated rings. The number of H-pyrrole nitrogens is 1. The molecule has 0 bridgehead atoms. The van der Waals surface area contributed by atoms with Crippen molar-refractivity contribution < 1.29 is 4.52 Å². The van der Waals surface area contributed by atoms with E-state index in [1.165, 1.54) is 11.2 Å². The maximum atomic E-state index is 10.5. The molecule has 1 aromatic rings. The third kappa shape index (κ3) is 0.945. The number of hydrazine groups is 1. The predicted octanol–water partition coefficient (Wildman–Crippen LogP) is -0.722. The molecular formula is C4H7N3O2. The topological polar surface area (TPSA) is 75.3 Å². The zero-order valence-corrected chi connectivity index (χ0v) is 4.92. The Morgan fingerprint density at radius 1 is 1.89 bits per heavy atom. The summed E-state index contributed by atoms with van der Waals surface area (Å²) in [6.45, 7) is 0. The molecule has 9 heavy (non-hydrogen) atoms. The number of rotatable bonds is 1. The van der Waals surface area contributed by atoms with Crippen molar-refractivity contribution in [1.82, 2.24) is 5.16 Å². The minimum atomic E-state index is -0.458. The molecule has 1 aromatic heterocycles. The maximum absolute atomic E-state index is 10.5. The van der Waals surface area contributed by atoms with E-state index < -0.39 is 5.63 Å². The van der Waals surface area contributed by atoms with Crippen molar-refractivity contribution in [1.29, 1.82) is 0 Å². The van der Waals surface area contributed by atoms with Gasteiger partial charge in [0.15, 0.2) is 5.69 Å². The molecule has 5 heteroatoms. The SMILES string of the molecule is CN(N)c1c[nH]oc1=O. The Bertz CT molecular complexity index is 236. The Morgan fingerprint density at radius 3 is 2.78 bits per heavy atom. The van der Waals surface area contributed by atoms with Crippen LogP contribution < -0.4 is 16.5 Å². The van der Waals surface area contributed by atoms with Crippen LogP contribution in [0.1, 0.15) is 0 Å². The molecule has 0 aromatic carbocycles. The van der Waals surface area contributed by atoms with Gasteiger partial charge in [-0.3, -0.25) is 0 Å². The molecule has 0 aliphatic heterocycles. The Morgan fingerprint density at radius 2 is 2.56 bits per heavy atom. The molecule has 0 unspecified atom stereocenters. The van der Waals surface area contributed by atoms with Crippen molar-refractivity contribution in [2.45, 2.75) is 0 Å². The van der Waals surface area contributed by atoms with E-state index in [9.17, 15) is 4.79 Å². The molecule has 50 valence electrons. The second-order valence-corrected chi connectivity index (χ2v) is 1.65. The lowest BCUT2D eigenvalue weighted by Crippen LogP contribution is -2.28. The van der Waals surface area contributed by atoms with Crippen molar-refractivity contribution >= 4 is 5.69 Å². The molecule has 1 rings (SSSR count). The van der Waals surface area contributed by atoms with Crippen LogP contribution in [0.15, 0.2) is 15.5 Å². The normalized spacial score (nSPS) is 9.56. The Labute approximate surface area is 51.0 Å². The number of nitrogens with two attached hydrogens (primary N) is 1. The highest BCUT2D eigenvalue weighted by Crippen LogP contribution is 1.96. The number of hydrogen-bond donors (Lipinski definition) is 2. The highest BCUT2D eigenvalue weighted by atomic mass is 16.5. The summed E-state index contributed by atoms with van der Waals surface area (Å²) in [5.74, 6) is 5.21. The molecule has 0 aliphatic rings. The van der Waals surface area contributed by atoms with Crippen molar-refractivity contribution in [2.24, 2.45) is 5.84 Å². The Kier molecular flexibility index (Phi) is 1.27. The largest absolute Gasteiger partial charge is 0.381 e. The van der Waals surface area contributed by atoms with E-state index in [0.29, 0.717) is 5.69 Å². The van der Waals surface area contributed by atoms with Gasteiger partial charge in [0.1, 0.15) is 0 Å². The molecule has 0 spiro atoms. The first-order valence-corrected chi connectivity index (χ1v) is 2.37. The third-order valence-electron chi connectivity index (χ3n) is 0.936. The van der Waals surface area contributed by atoms with E-state index in [1.54, 1.807) is 7.05 Å². The van der Waals surface area contributed by atoms with E-state index in [1.807, 2.05) is 0 Å². The zero-order chi connectivity index (χ0) is 6.85. The molecule has 0 saturated heterocycles. The Hall–Kier alpha value is -1.23. The summed E-state index contributed by atoms with van der Waals surface area (Å²) in [7, 11) is 1.56. The summed E-state index contributed by atoms with van der Waals surface area (Å²) < 4.78 is 4.32. The summed E-state index contributed by atoms with van der Waals surface area (Å²) >= 11 is 0. The van der Waals surface area contributed by atoms with Crippen molar-refractivity contribution in [3.63, 3.8) is 0 Å². The van der Waals surface area contributed by atoms with Crippen LogP contribution in [0.2, 0.25) is 0 Å². The molecule has 0 radical (unpaired) electrons. The van der Waals surface area contributed by atoms with Crippen molar-refractivity contribution in [2.75, 3.05) is 12.1 Å². The van der Waals surface area contributed by atoms with Gasteiger partial charge in [-0.1, -0.05) is 0 Å². The average molecular weight is 129 g/mol. The van der Waals surface area contributed by atoms with Crippen molar-refractivity contribution in [3.05, 3.63) is 16.6 Å². The lowest BCUT2D eigenvalue weighted by molar-refractivity contribution is 0.391. The van der Waals surface area contributed by atoms with Gasteiger partial charge >= 0.3 is 5.63 Å². The van der Waals surface area contributed by atoms with Crippen LogP contribution in [-0.4, -0.2) is 12.2 Å². The first-order valence-electron chi connectivity index (χ1n) is 2.37. The zero-order valence-electron chi connectivity index (χ0n) is 4.92. The van der Waals surface area contributed by atoms with Crippen LogP contribution in [0.25, 0.3) is 0 Å². The van der Waals surface area contributed by atoms with E-state index >= 15 is 0 Å². The van der Waals surface area contributed by atoms with Crippen LogP contribution in [0.3, 0.4) is 0 Å². The van der Waals surface area contributed by atoms with E-state index in [-0.39, 0.29) is 0 Å². The number of aromatic amines is 1. The second-order valence-electron chi connectivity index (χ2n) is 1.65. The van der Waals surface area contributed by atoms with Gasteiger partial charge in [0.05, 0.1) is 6.20 Å². The fraction of sp³-hybridized carbons (Fsp3) is 0.250. The van der Waals surface area contributed by atoms with Gasteiger partial charge in [0, 0.05) is 7.05 Å². The van der Waals surface area contributed by atoms with Crippen LogP contribution in [0.5, 0.6) is 0 Å². The monoisotopic (exact) mass is 129 g/mol. The first-order chi connectivity index (χ1) is 4.22. The molecule has 5 nitrogen and oxygen atoms in total. The summed E-state index contributed by atoms with van der Waals surface area (Å²) in [4.78, 5) is 10.5. The lowest BCUT2D eigenvalue weighted by Gasteiger charge is -2.03. The quantitative estimate of drug-likeness (QED) is 0.387. The van der Waals surface area contributed by atoms with Crippen LogP contribution in [0.4, 0.5) is 5.69 Å². The fourth-order valence-electron chi connectivity index (χ4n) is 0.496. The van der Waals surface area contributed by atoms with Gasteiger partial charge in [0.25, 0.3) is 0 Å². The molecule has 0 aliphatic carbocycles. The summed E-state index contributed by atoms with van der Waals surface area (Å²) in [6.07, 6.45) is 1.39. The maximum Gasteiger partial charge on any atom is 0.381 e. The number of nitrogens with zero attached hydrogens (tertiary/aromatic N) is 1. The highest BCUT2D eigenvalue weighted by Gasteiger charge is 2.02. The highest BCUT2D eigenvalue weighted by molar-refractivity contribution is 5.37. The summed E-state index contributed by atoms with van der Waals surface area (Å²) in [5.41, 5.74) is -0.144. The number of anilines is 1. The van der Waals surface area contributed by atoms with Crippen LogP contribution in [0, 0.1) is 0 Å². The first kappa shape index (κ1) is 5.90. The fourth-order valence-corrected chi connectivity index (χ4v) is 0.496. The molecule has 1 heterocycles. The summed E-state index contributed by atoms with van der Waals surface area (Å²) in [6, 6.07) is 0. The molecule has 0 saturated carbocycles. The van der Waals surface area contributed by atoms with Gasteiger partial charge in [-0.25, -0.2) is 15.8 Å². The van der Waals surface area contributed by atoms with E-state index in [2.05, 4.69) is 9.68 Å². The minimum absolute atomic E-state index is 0.315. The van der Waals surface area contributed by atoms with E-state index in [0.717, 1.165) is 0 Å². The smallest absolute Gasteiger partial charge is 0.337 e. The van der Waals surface area contributed by atoms with Gasteiger partial charge in [-0.05, 0) is 0 Å². The van der Waals surface area contributed by atoms with Gasteiger partial charge in [0.2, 0.25) is 0 Å². The Balaban J connectivity index is 3.08. The number of aromatic nitrogens is 1. The minimum Gasteiger partial charge on any atom is -0.337 e. The molecule has 0 amide bonds. The number of nitrogens with one attached hydrogen (secondary N) is 1. The third-order valence-corrected chi connectivity index (χ3v) is 0.936. The lowest BCUT2D eigenvalue weighted by atomic mass is 10.6. The molecular weight excluding hydrogens is 122 g/mol. The van der Waals surface area contributed by atoms with Gasteiger partial charge in [-0.2, -0.15) is 0 Å². The van der Waals surface area contributed by atoms with Crippen molar-refractivity contribution in [3.8, 4) is 0 Å². The van der Waals surface area contributed by atoms with Gasteiger partial charge < -0.3 is 9.53 Å². The molecule has 3 N–H and O–H groups in total. The second kappa shape index (κ2) is 1.94. The number of hydrogen-bond acceptors (Lipinski definition) is 4. The van der Waals surface area contributed by atoms with Gasteiger partial charge in [-0.15, -0.1) is 0 Å². The average Bonchev–Trinajstić information content (AvgIpc) is 2.13. The standard InChI is InChI=1S/C4H7N3O2/c1-7(5)3-2-6-9-4(3)8/h2,6H,5H2,1H3. The predicted molar refractivity (Wildman–Crippen MR) is 31.9 cm³/mol. The van der Waals surface area contributed by atoms with E-state index in [4.69, 9.17) is 5.84 Å².